The molecule has 1 aromatic heterocycles. The van der Waals surface area contributed by atoms with Gasteiger partial charge in [0.25, 0.3) is 5.91 Å². The molecule has 3 aromatic rings. The van der Waals surface area contributed by atoms with E-state index < -0.39 is 0 Å². The molecule has 2 aliphatic heterocycles. The van der Waals surface area contributed by atoms with Gasteiger partial charge in [-0.05, 0) is 48.5 Å². The molecule has 5 rings (SSSR count). The van der Waals surface area contributed by atoms with Gasteiger partial charge in [0.1, 0.15) is 17.5 Å². The molecule has 0 bridgehead atoms. The molecule has 2 aliphatic rings. The molecule has 1 amide bonds. The highest BCUT2D eigenvalue weighted by Crippen LogP contribution is 2.29. The van der Waals surface area contributed by atoms with Crippen molar-refractivity contribution in [2.24, 2.45) is 0 Å². The predicted molar refractivity (Wildman–Crippen MR) is 132 cm³/mol. The number of fused-ring (bicyclic) bond motifs is 1. The topological polar surface area (TPSA) is 55.8 Å². The van der Waals surface area contributed by atoms with Crippen LogP contribution < -0.4 is 14.7 Å². The summed E-state index contributed by atoms with van der Waals surface area (Å²) in [5.41, 5.74) is 3.39. The van der Waals surface area contributed by atoms with E-state index in [4.69, 9.17) is 9.97 Å². The van der Waals surface area contributed by atoms with Crippen LogP contribution in [0, 0.1) is 11.6 Å². The molecular weight excluding hydrogens is 450 g/mol. The minimum Gasteiger partial charge on any atom is -0.368 e. The van der Waals surface area contributed by atoms with Crippen LogP contribution in [0.4, 0.5) is 26.2 Å². The van der Waals surface area contributed by atoms with Crippen molar-refractivity contribution in [2.75, 3.05) is 61.5 Å². The minimum atomic E-state index is -0.361. The normalized spacial score (nSPS) is 15.7. The van der Waals surface area contributed by atoms with Gasteiger partial charge in [0.15, 0.2) is 0 Å². The van der Waals surface area contributed by atoms with Gasteiger partial charge in [-0.3, -0.25) is 4.79 Å². The van der Waals surface area contributed by atoms with Crippen molar-refractivity contribution in [2.45, 2.75) is 13.0 Å². The van der Waals surface area contributed by atoms with Crippen LogP contribution in [0.25, 0.3) is 0 Å². The Balaban J connectivity index is 1.33. The van der Waals surface area contributed by atoms with Crippen molar-refractivity contribution >= 4 is 23.4 Å². The maximum atomic E-state index is 13.3. The predicted octanol–water partition coefficient (Wildman–Crippen LogP) is 3.35. The summed E-state index contributed by atoms with van der Waals surface area (Å²) in [6, 6.07) is 12.2. The summed E-state index contributed by atoms with van der Waals surface area (Å²) in [4.78, 5) is 30.9. The van der Waals surface area contributed by atoms with Crippen LogP contribution in [0.5, 0.6) is 0 Å². The zero-order valence-corrected chi connectivity index (χ0v) is 19.9. The SMILES string of the molecule is CN(C)c1nc(N2CCN(c3ccc(F)cc3)CC2)nc2c1CN(C(=O)c1ccc(F)cc1)CC2. The summed E-state index contributed by atoms with van der Waals surface area (Å²) < 4.78 is 26.5. The molecule has 3 heterocycles. The molecule has 35 heavy (non-hydrogen) atoms. The number of nitrogens with zero attached hydrogens (tertiary/aromatic N) is 6. The number of benzene rings is 2. The number of halogens is 2. The van der Waals surface area contributed by atoms with Crippen molar-refractivity contribution in [3.05, 3.63) is 77.0 Å². The first-order valence-electron chi connectivity index (χ1n) is 11.8. The second-order valence-corrected chi connectivity index (χ2v) is 9.10. The molecule has 2 aromatic carbocycles. The van der Waals surface area contributed by atoms with Crippen LogP contribution in [-0.4, -0.2) is 67.6 Å². The first kappa shape index (κ1) is 23.0. The number of piperazine rings is 1. The number of rotatable bonds is 4. The van der Waals surface area contributed by atoms with Crippen LogP contribution >= 0.6 is 0 Å². The fraction of sp³-hybridized carbons (Fsp3) is 0.346. The van der Waals surface area contributed by atoms with Gasteiger partial charge in [-0.1, -0.05) is 0 Å². The fourth-order valence-electron chi connectivity index (χ4n) is 4.66. The summed E-state index contributed by atoms with van der Waals surface area (Å²) in [5, 5.41) is 0. The standard InChI is InChI=1S/C26H28F2N6O/c1-31(2)24-22-17-34(25(35)18-3-5-19(27)6-4-18)12-11-23(22)29-26(30-24)33-15-13-32(14-16-33)21-9-7-20(28)8-10-21/h3-10H,11-17H2,1-2H3. The highest BCUT2D eigenvalue weighted by atomic mass is 19.1. The van der Waals surface area contributed by atoms with Gasteiger partial charge in [-0.2, -0.15) is 4.98 Å². The number of hydrogen-bond acceptors (Lipinski definition) is 6. The van der Waals surface area contributed by atoms with Crippen LogP contribution in [0.1, 0.15) is 21.6 Å². The molecule has 0 saturated carbocycles. The fourth-order valence-corrected chi connectivity index (χ4v) is 4.66. The molecule has 0 radical (unpaired) electrons. The summed E-state index contributed by atoms with van der Waals surface area (Å²) in [5.74, 6) is 0.789. The number of carbonyl (C=O) groups excluding carboxylic acids is 1. The molecule has 9 heteroatoms. The lowest BCUT2D eigenvalue weighted by molar-refractivity contribution is 0.0733. The van der Waals surface area contributed by atoms with Crippen molar-refractivity contribution in [1.29, 1.82) is 0 Å². The Hall–Kier alpha value is -3.75. The zero-order valence-electron chi connectivity index (χ0n) is 19.9. The molecule has 0 N–H and O–H groups in total. The highest BCUT2D eigenvalue weighted by Gasteiger charge is 2.29. The lowest BCUT2D eigenvalue weighted by atomic mass is 10.0. The van der Waals surface area contributed by atoms with Crippen LogP contribution in [0.15, 0.2) is 48.5 Å². The number of anilines is 3. The van der Waals surface area contributed by atoms with Gasteiger partial charge < -0.3 is 19.6 Å². The van der Waals surface area contributed by atoms with E-state index >= 15 is 0 Å². The van der Waals surface area contributed by atoms with E-state index in [9.17, 15) is 13.6 Å². The maximum Gasteiger partial charge on any atom is 0.254 e. The van der Waals surface area contributed by atoms with Crippen molar-refractivity contribution in [3.8, 4) is 0 Å². The van der Waals surface area contributed by atoms with Gasteiger partial charge in [0.2, 0.25) is 5.95 Å². The molecule has 1 fully saturated rings. The summed E-state index contributed by atoms with van der Waals surface area (Å²) in [7, 11) is 3.89. The van der Waals surface area contributed by atoms with E-state index in [0.717, 1.165) is 48.9 Å². The average Bonchev–Trinajstić information content (AvgIpc) is 2.88. The van der Waals surface area contributed by atoms with Crippen LogP contribution in [-0.2, 0) is 13.0 Å². The van der Waals surface area contributed by atoms with Crippen LogP contribution in [0.3, 0.4) is 0 Å². The highest BCUT2D eigenvalue weighted by molar-refractivity contribution is 5.94. The van der Waals surface area contributed by atoms with Crippen molar-refractivity contribution < 1.29 is 13.6 Å². The Morgan fingerprint density at radius 3 is 2.06 bits per heavy atom. The Kier molecular flexibility index (Phi) is 6.23. The molecule has 0 unspecified atom stereocenters. The largest absolute Gasteiger partial charge is 0.368 e. The number of hydrogen-bond donors (Lipinski definition) is 0. The maximum absolute atomic E-state index is 13.3. The molecule has 182 valence electrons. The summed E-state index contributed by atoms with van der Waals surface area (Å²) in [6.45, 7) is 4.08. The smallest absolute Gasteiger partial charge is 0.254 e. The zero-order chi connectivity index (χ0) is 24.5. The van der Waals surface area contributed by atoms with E-state index in [-0.39, 0.29) is 17.5 Å². The van der Waals surface area contributed by atoms with E-state index in [1.807, 2.05) is 31.1 Å². The van der Waals surface area contributed by atoms with Gasteiger partial charge in [-0.25, -0.2) is 13.8 Å². The number of aromatic nitrogens is 2. The van der Waals surface area contributed by atoms with Crippen molar-refractivity contribution in [1.82, 2.24) is 14.9 Å². The number of amides is 1. The monoisotopic (exact) mass is 478 g/mol. The third kappa shape index (κ3) is 4.76. The van der Waals surface area contributed by atoms with E-state index in [1.54, 1.807) is 4.90 Å². The molecule has 0 spiro atoms. The lowest BCUT2D eigenvalue weighted by Crippen LogP contribution is -2.47. The second-order valence-electron chi connectivity index (χ2n) is 9.10. The quantitative estimate of drug-likeness (QED) is 0.574. The Labute approximate surface area is 203 Å². The minimum absolute atomic E-state index is 0.124. The van der Waals surface area contributed by atoms with E-state index in [2.05, 4.69) is 9.80 Å². The van der Waals surface area contributed by atoms with E-state index in [1.165, 1.54) is 36.4 Å². The van der Waals surface area contributed by atoms with Gasteiger partial charge >= 0.3 is 0 Å². The Bertz CT molecular complexity index is 1210. The van der Waals surface area contributed by atoms with Gasteiger partial charge in [-0.15, -0.1) is 0 Å². The summed E-state index contributed by atoms with van der Waals surface area (Å²) in [6.07, 6.45) is 0.633. The average molecular weight is 479 g/mol. The molecule has 0 aliphatic carbocycles. The summed E-state index contributed by atoms with van der Waals surface area (Å²) >= 11 is 0. The first-order valence-corrected chi connectivity index (χ1v) is 11.8. The Morgan fingerprint density at radius 1 is 0.829 bits per heavy atom. The Morgan fingerprint density at radius 2 is 1.43 bits per heavy atom. The van der Waals surface area contributed by atoms with Crippen molar-refractivity contribution in [3.63, 3.8) is 0 Å². The molecule has 1 saturated heterocycles. The number of carbonyl (C=O) groups is 1. The third-order valence-corrected chi connectivity index (χ3v) is 6.58. The van der Waals surface area contributed by atoms with Gasteiger partial charge in [0, 0.05) is 70.1 Å². The first-order chi connectivity index (χ1) is 16.9. The van der Waals surface area contributed by atoms with Gasteiger partial charge in [0.05, 0.1) is 12.2 Å². The van der Waals surface area contributed by atoms with Crippen LogP contribution in [0.2, 0.25) is 0 Å². The lowest BCUT2D eigenvalue weighted by Gasteiger charge is -2.37. The molecular formula is C26H28F2N6O. The second kappa shape index (κ2) is 9.48. The van der Waals surface area contributed by atoms with E-state index in [0.29, 0.717) is 31.0 Å². The molecule has 7 nitrogen and oxygen atoms in total. The molecule has 0 atom stereocenters. The third-order valence-electron chi connectivity index (χ3n) is 6.58.